The first-order chi connectivity index (χ1) is 9.54. The van der Waals surface area contributed by atoms with Gasteiger partial charge in [0.15, 0.2) is 0 Å². The topological polar surface area (TPSA) is 17.8 Å². The molecule has 1 atom stereocenters. The van der Waals surface area contributed by atoms with Gasteiger partial charge in [0, 0.05) is 12.6 Å². The molecule has 0 bridgehead atoms. The number of benzene rings is 1. The van der Waals surface area contributed by atoms with E-state index >= 15 is 0 Å². The van der Waals surface area contributed by atoms with E-state index < -0.39 is 5.82 Å². The van der Waals surface area contributed by atoms with Gasteiger partial charge >= 0.3 is 0 Å². The average Bonchev–Trinajstić information content (AvgIpc) is 2.74. The molecule has 0 N–H and O–H groups in total. The number of alkyl halides is 1. The van der Waals surface area contributed by atoms with Gasteiger partial charge in [-0.2, -0.15) is 0 Å². The third kappa shape index (κ3) is 3.26. The molecule has 0 amide bonds. The first-order valence-corrected chi connectivity index (χ1v) is 7.85. The molecule has 0 radical (unpaired) electrons. The van der Waals surface area contributed by atoms with E-state index in [1.807, 2.05) is 6.92 Å². The van der Waals surface area contributed by atoms with E-state index in [-0.39, 0.29) is 10.4 Å². The summed E-state index contributed by atoms with van der Waals surface area (Å²) in [6, 6.07) is 3.02. The molecule has 2 rings (SSSR count). The summed E-state index contributed by atoms with van der Waals surface area (Å²) in [7, 11) is 0. The van der Waals surface area contributed by atoms with Gasteiger partial charge in [-0.05, 0) is 19.4 Å². The van der Waals surface area contributed by atoms with Gasteiger partial charge in [-0.1, -0.05) is 37.8 Å². The first-order valence-electron chi connectivity index (χ1n) is 7.03. The highest BCUT2D eigenvalue weighted by Crippen LogP contribution is 2.28. The number of imidazole rings is 1. The van der Waals surface area contributed by atoms with E-state index in [0.29, 0.717) is 5.52 Å². The van der Waals surface area contributed by atoms with Crippen molar-refractivity contribution in [3.05, 3.63) is 28.8 Å². The summed E-state index contributed by atoms with van der Waals surface area (Å²) in [4.78, 5) is 4.45. The second-order valence-electron chi connectivity index (χ2n) is 5.05. The van der Waals surface area contributed by atoms with Crippen LogP contribution in [0, 0.1) is 5.82 Å². The fourth-order valence-corrected chi connectivity index (χ4v) is 2.70. The molecule has 1 heterocycles. The van der Waals surface area contributed by atoms with Gasteiger partial charge in [0.1, 0.15) is 11.6 Å². The highest BCUT2D eigenvalue weighted by molar-refractivity contribution is 6.31. The van der Waals surface area contributed by atoms with Crippen LogP contribution in [0.4, 0.5) is 4.39 Å². The lowest BCUT2D eigenvalue weighted by Gasteiger charge is -2.10. The molecule has 5 heteroatoms. The number of rotatable bonds is 6. The van der Waals surface area contributed by atoms with Gasteiger partial charge in [-0.3, -0.25) is 0 Å². The second kappa shape index (κ2) is 6.77. The van der Waals surface area contributed by atoms with Crippen LogP contribution in [0.3, 0.4) is 0 Å². The SMILES string of the molecule is CCCCCCn1c(C(C)Cl)nc2cc(F)c(Cl)cc21. The predicted molar refractivity (Wildman–Crippen MR) is 83.1 cm³/mol. The van der Waals surface area contributed by atoms with Crippen molar-refractivity contribution in [2.75, 3.05) is 0 Å². The molecule has 0 aliphatic rings. The molecule has 0 aliphatic carbocycles. The fourth-order valence-electron chi connectivity index (χ4n) is 2.37. The van der Waals surface area contributed by atoms with Crippen LogP contribution in [0.5, 0.6) is 0 Å². The predicted octanol–water partition coefficient (Wildman–Crippen LogP) is 5.71. The minimum absolute atomic E-state index is 0.126. The van der Waals surface area contributed by atoms with Gasteiger partial charge in [0.2, 0.25) is 0 Å². The number of hydrogen-bond donors (Lipinski definition) is 0. The normalized spacial score (nSPS) is 13.1. The summed E-state index contributed by atoms with van der Waals surface area (Å²) in [5, 5.41) is -0.0867. The number of halogens is 3. The molecule has 110 valence electrons. The second-order valence-corrected chi connectivity index (χ2v) is 6.12. The molecule has 0 spiro atoms. The Labute approximate surface area is 128 Å². The Morgan fingerprint density at radius 1 is 1.30 bits per heavy atom. The maximum atomic E-state index is 13.5. The van der Waals surface area contributed by atoms with Crippen molar-refractivity contribution in [2.45, 2.75) is 51.5 Å². The van der Waals surface area contributed by atoms with Gasteiger partial charge in [-0.25, -0.2) is 9.37 Å². The number of fused-ring (bicyclic) bond motifs is 1. The summed E-state index contributed by atoms with van der Waals surface area (Å²) < 4.78 is 15.6. The number of unbranched alkanes of at least 4 members (excludes halogenated alkanes) is 3. The molecule has 0 saturated heterocycles. The van der Waals surface area contributed by atoms with E-state index in [1.165, 1.54) is 25.3 Å². The van der Waals surface area contributed by atoms with Crippen molar-refractivity contribution >= 4 is 34.2 Å². The summed E-state index contributed by atoms with van der Waals surface area (Å²) >= 11 is 12.1. The molecular formula is C15H19Cl2FN2. The monoisotopic (exact) mass is 316 g/mol. The van der Waals surface area contributed by atoms with Crippen molar-refractivity contribution in [1.29, 1.82) is 0 Å². The van der Waals surface area contributed by atoms with Gasteiger partial charge < -0.3 is 4.57 Å². The largest absolute Gasteiger partial charge is 0.327 e. The van der Waals surface area contributed by atoms with Crippen LogP contribution in [0.1, 0.15) is 50.7 Å². The molecule has 0 fully saturated rings. The third-order valence-corrected chi connectivity index (χ3v) is 3.90. The quantitative estimate of drug-likeness (QED) is 0.493. The lowest BCUT2D eigenvalue weighted by molar-refractivity contribution is 0.574. The minimum atomic E-state index is -0.441. The van der Waals surface area contributed by atoms with Gasteiger partial charge in [-0.15, -0.1) is 11.6 Å². The van der Waals surface area contributed by atoms with Crippen molar-refractivity contribution in [2.24, 2.45) is 0 Å². The Kier molecular flexibility index (Phi) is 5.28. The molecule has 1 unspecified atom stereocenters. The standard InChI is InChI=1S/C15H19Cl2FN2/c1-3-4-5-6-7-20-14-8-11(17)12(18)9-13(14)19-15(20)10(2)16/h8-10H,3-7H2,1-2H3. The Bertz CT molecular complexity index is 593. The first kappa shape index (κ1) is 15.6. The van der Waals surface area contributed by atoms with E-state index in [4.69, 9.17) is 23.2 Å². The number of nitrogens with zero attached hydrogens (tertiary/aromatic N) is 2. The van der Waals surface area contributed by atoms with Gasteiger partial charge in [0.25, 0.3) is 0 Å². The molecular weight excluding hydrogens is 298 g/mol. The zero-order chi connectivity index (χ0) is 14.7. The summed E-state index contributed by atoms with van der Waals surface area (Å²) in [5.41, 5.74) is 1.47. The number of hydrogen-bond acceptors (Lipinski definition) is 1. The molecule has 0 saturated carbocycles. The Hall–Kier alpha value is -0.800. The summed E-state index contributed by atoms with van der Waals surface area (Å²) in [6.45, 7) is 4.90. The zero-order valence-corrected chi connectivity index (χ0v) is 13.3. The Morgan fingerprint density at radius 2 is 2.05 bits per heavy atom. The number of aryl methyl sites for hydroxylation is 1. The van der Waals surface area contributed by atoms with Crippen molar-refractivity contribution in [3.8, 4) is 0 Å². The molecule has 0 aliphatic heterocycles. The maximum Gasteiger partial charge on any atom is 0.144 e. The van der Waals surface area contributed by atoms with Crippen LogP contribution < -0.4 is 0 Å². The fraction of sp³-hybridized carbons (Fsp3) is 0.533. The van der Waals surface area contributed by atoms with Crippen LogP contribution in [0.15, 0.2) is 12.1 Å². The van der Waals surface area contributed by atoms with Crippen LogP contribution in [-0.4, -0.2) is 9.55 Å². The van der Waals surface area contributed by atoms with E-state index in [0.717, 1.165) is 24.3 Å². The Morgan fingerprint density at radius 3 is 2.70 bits per heavy atom. The van der Waals surface area contributed by atoms with Crippen molar-refractivity contribution < 1.29 is 4.39 Å². The Balaban J connectivity index is 2.37. The highest BCUT2D eigenvalue weighted by atomic mass is 35.5. The van der Waals surface area contributed by atoms with E-state index in [1.54, 1.807) is 6.07 Å². The van der Waals surface area contributed by atoms with Gasteiger partial charge in [0.05, 0.1) is 21.4 Å². The summed E-state index contributed by atoms with van der Waals surface area (Å²) in [5.74, 6) is 0.336. The third-order valence-electron chi connectivity index (χ3n) is 3.41. The average molecular weight is 317 g/mol. The van der Waals surface area contributed by atoms with Crippen molar-refractivity contribution in [3.63, 3.8) is 0 Å². The smallest absolute Gasteiger partial charge is 0.144 e. The van der Waals surface area contributed by atoms with Crippen LogP contribution in [-0.2, 0) is 6.54 Å². The molecule has 20 heavy (non-hydrogen) atoms. The van der Waals surface area contributed by atoms with Crippen LogP contribution >= 0.6 is 23.2 Å². The molecule has 2 nitrogen and oxygen atoms in total. The highest BCUT2D eigenvalue weighted by Gasteiger charge is 2.16. The van der Waals surface area contributed by atoms with Crippen molar-refractivity contribution in [1.82, 2.24) is 9.55 Å². The van der Waals surface area contributed by atoms with Crippen LogP contribution in [0.2, 0.25) is 5.02 Å². The minimum Gasteiger partial charge on any atom is -0.327 e. The molecule has 1 aromatic heterocycles. The van der Waals surface area contributed by atoms with E-state index in [9.17, 15) is 4.39 Å². The van der Waals surface area contributed by atoms with E-state index in [2.05, 4.69) is 16.5 Å². The number of aromatic nitrogens is 2. The molecule has 1 aromatic carbocycles. The zero-order valence-electron chi connectivity index (χ0n) is 11.8. The lowest BCUT2D eigenvalue weighted by atomic mass is 10.2. The molecule has 2 aromatic rings. The summed E-state index contributed by atoms with van der Waals surface area (Å²) in [6.07, 6.45) is 4.64. The lowest BCUT2D eigenvalue weighted by Crippen LogP contribution is -2.04. The maximum absolute atomic E-state index is 13.5. The van der Waals surface area contributed by atoms with Crippen LogP contribution in [0.25, 0.3) is 11.0 Å².